The second kappa shape index (κ2) is 5.35. The van der Waals surface area contributed by atoms with Gasteiger partial charge in [0.2, 0.25) is 0 Å². The largest absolute Gasteiger partial charge is 0.481 e. The lowest BCUT2D eigenvalue weighted by Gasteiger charge is -2.27. The lowest BCUT2D eigenvalue weighted by molar-refractivity contribution is -0.137. The van der Waals surface area contributed by atoms with Crippen molar-refractivity contribution in [1.29, 1.82) is 0 Å². The molecule has 1 unspecified atom stereocenters. The molecular formula is C13H16N2O2S. The highest BCUT2D eigenvalue weighted by molar-refractivity contribution is 7.11. The first-order valence-corrected chi connectivity index (χ1v) is 6.73. The number of carboxylic acids is 1. The molecule has 0 spiro atoms. The SMILES string of the molecule is CCN(c1snc2ccccc12)C(C)CC(=O)O. The number of carboxylic acid groups (broad SMARTS) is 1. The molecule has 0 saturated heterocycles. The zero-order valence-corrected chi connectivity index (χ0v) is 11.3. The third kappa shape index (κ3) is 2.46. The van der Waals surface area contributed by atoms with Crippen LogP contribution in [0.1, 0.15) is 20.3 Å². The minimum Gasteiger partial charge on any atom is -0.481 e. The van der Waals surface area contributed by atoms with Crippen LogP contribution in [-0.2, 0) is 4.79 Å². The summed E-state index contributed by atoms with van der Waals surface area (Å²) in [6.45, 7) is 4.75. The van der Waals surface area contributed by atoms with E-state index in [-0.39, 0.29) is 12.5 Å². The molecule has 0 aliphatic carbocycles. The molecule has 1 aromatic heterocycles. The number of aliphatic carboxylic acids is 1. The Kier molecular flexibility index (Phi) is 3.81. The lowest BCUT2D eigenvalue weighted by atomic mass is 10.2. The van der Waals surface area contributed by atoms with Crippen molar-refractivity contribution in [2.24, 2.45) is 0 Å². The zero-order valence-electron chi connectivity index (χ0n) is 10.5. The standard InChI is InChI=1S/C13H16N2O2S/c1-3-15(9(2)8-12(16)17)13-10-6-4-5-7-11(10)14-18-13/h4-7,9H,3,8H2,1-2H3,(H,16,17). The fourth-order valence-corrected chi connectivity index (χ4v) is 3.13. The van der Waals surface area contributed by atoms with Gasteiger partial charge in [-0.2, -0.15) is 4.37 Å². The first-order chi connectivity index (χ1) is 8.63. The van der Waals surface area contributed by atoms with E-state index in [0.717, 1.165) is 22.4 Å². The summed E-state index contributed by atoms with van der Waals surface area (Å²) in [5.41, 5.74) is 0.971. The van der Waals surface area contributed by atoms with Gasteiger partial charge in [-0.3, -0.25) is 4.79 Å². The molecule has 0 amide bonds. The molecule has 2 aromatic rings. The van der Waals surface area contributed by atoms with Crippen LogP contribution < -0.4 is 4.90 Å². The monoisotopic (exact) mass is 264 g/mol. The Morgan fingerprint density at radius 2 is 2.22 bits per heavy atom. The zero-order chi connectivity index (χ0) is 13.1. The van der Waals surface area contributed by atoms with Gasteiger partial charge >= 0.3 is 5.97 Å². The lowest BCUT2D eigenvalue weighted by Crippen LogP contribution is -2.34. The van der Waals surface area contributed by atoms with Crippen LogP contribution in [-0.4, -0.2) is 28.0 Å². The highest BCUT2D eigenvalue weighted by Gasteiger charge is 2.19. The second-order valence-electron chi connectivity index (χ2n) is 4.24. The predicted octanol–water partition coefficient (Wildman–Crippen LogP) is 2.99. The molecular weight excluding hydrogens is 248 g/mol. The van der Waals surface area contributed by atoms with Crippen LogP contribution in [0.25, 0.3) is 10.9 Å². The van der Waals surface area contributed by atoms with Gasteiger partial charge in [0.15, 0.2) is 0 Å². The Hall–Kier alpha value is -1.62. The Labute approximate surface area is 110 Å². The highest BCUT2D eigenvalue weighted by Crippen LogP contribution is 2.32. The molecule has 1 heterocycles. The number of hydrogen-bond acceptors (Lipinski definition) is 4. The molecule has 4 nitrogen and oxygen atoms in total. The number of aromatic nitrogens is 1. The van der Waals surface area contributed by atoms with Crippen LogP contribution >= 0.6 is 11.5 Å². The van der Waals surface area contributed by atoms with Crippen LogP contribution in [0.3, 0.4) is 0 Å². The molecule has 0 radical (unpaired) electrons. The van der Waals surface area contributed by atoms with Crippen LogP contribution in [0.4, 0.5) is 5.00 Å². The smallest absolute Gasteiger partial charge is 0.305 e. The summed E-state index contributed by atoms with van der Waals surface area (Å²) < 4.78 is 4.40. The van der Waals surface area contributed by atoms with Gasteiger partial charge in [-0.05, 0) is 37.5 Å². The van der Waals surface area contributed by atoms with E-state index in [1.807, 2.05) is 38.1 Å². The molecule has 1 aromatic carbocycles. The molecule has 2 rings (SSSR count). The summed E-state index contributed by atoms with van der Waals surface area (Å²) in [7, 11) is 0. The minimum absolute atomic E-state index is 0.0312. The molecule has 5 heteroatoms. The summed E-state index contributed by atoms with van der Waals surface area (Å²) in [6.07, 6.45) is 0.139. The van der Waals surface area contributed by atoms with E-state index in [9.17, 15) is 4.79 Å². The third-order valence-corrected chi connectivity index (χ3v) is 3.88. The van der Waals surface area contributed by atoms with E-state index in [1.54, 1.807) is 0 Å². The van der Waals surface area contributed by atoms with Crippen molar-refractivity contribution in [3.8, 4) is 0 Å². The molecule has 96 valence electrons. The van der Waals surface area contributed by atoms with Crippen LogP contribution in [0.5, 0.6) is 0 Å². The molecule has 18 heavy (non-hydrogen) atoms. The van der Waals surface area contributed by atoms with E-state index in [4.69, 9.17) is 5.11 Å². The molecule has 0 bridgehead atoms. The van der Waals surface area contributed by atoms with Gasteiger partial charge in [0.05, 0.1) is 11.9 Å². The van der Waals surface area contributed by atoms with Crippen molar-refractivity contribution in [3.63, 3.8) is 0 Å². The first kappa shape index (κ1) is 12.8. The average Bonchev–Trinajstić information content (AvgIpc) is 2.73. The van der Waals surface area contributed by atoms with E-state index in [2.05, 4.69) is 9.27 Å². The van der Waals surface area contributed by atoms with Crippen molar-refractivity contribution >= 4 is 33.4 Å². The van der Waals surface area contributed by atoms with Gasteiger partial charge in [-0.1, -0.05) is 12.1 Å². The Morgan fingerprint density at radius 3 is 2.89 bits per heavy atom. The summed E-state index contributed by atoms with van der Waals surface area (Å²) in [4.78, 5) is 12.9. The Balaban J connectivity index is 2.35. The fraction of sp³-hybridized carbons (Fsp3) is 0.385. The van der Waals surface area contributed by atoms with Gasteiger partial charge in [-0.25, -0.2) is 0 Å². The van der Waals surface area contributed by atoms with Gasteiger partial charge in [-0.15, -0.1) is 0 Å². The number of anilines is 1. The van der Waals surface area contributed by atoms with E-state index < -0.39 is 5.97 Å². The van der Waals surface area contributed by atoms with Crippen molar-refractivity contribution in [2.45, 2.75) is 26.3 Å². The van der Waals surface area contributed by atoms with Gasteiger partial charge in [0.25, 0.3) is 0 Å². The maximum Gasteiger partial charge on any atom is 0.305 e. The number of hydrogen-bond donors (Lipinski definition) is 1. The van der Waals surface area contributed by atoms with Crippen LogP contribution in [0.15, 0.2) is 24.3 Å². The molecule has 0 aliphatic heterocycles. The summed E-state index contributed by atoms with van der Waals surface area (Å²) in [5, 5.41) is 11.1. The van der Waals surface area contributed by atoms with Crippen LogP contribution in [0, 0.1) is 0 Å². The minimum atomic E-state index is -0.769. The molecule has 0 fully saturated rings. The Morgan fingerprint density at radius 1 is 1.50 bits per heavy atom. The summed E-state index contributed by atoms with van der Waals surface area (Å²) >= 11 is 1.43. The quantitative estimate of drug-likeness (QED) is 0.902. The number of rotatable bonds is 5. The van der Waals surface area contributed by atoms with Crippen molar-refractivity contribution in [1.82, 2.24) is 4.37 Å². The van der Waals surface area contributed by atoms with Crippen LogP contribution in [0.2, 0.25) is 0 Å². The van der Waals surface area contributed by atoms with Crippen molar-refractivity contribution < 1.29 is 9.90 Å². The van der Waals surface area contributed by atoms with Gasteiger partial charge in [0, 0.05) is 18.0 Å². The maximum absolute atomic E-state index is 10.8. The van der Waals surface area contributed by atoms with Crippen molar-refractivity contribution in [2.75, 3.05) is 11.4 Å². The Bertz CT molecular complexity index is 553. The number of benzene rings is 1. The predicted molar refractivity (Wildman–Crippen MR) is 74.4 cm³/mol. The normalized spacial score (nSPS) is 12.6. The summed E-state index contributed by atoms with van der Waals surface area (Å²) in [6, 6.07) is 7.92. The average molecular weight is 264 g/mol. The molecule has 1 atom stereocenters. The molecule has 0 aliphatic rings. The van der Waals surface area contributed by atoms with E-state index in [0.29, 0.717) is 0 Å². The third-order valence-electron chi connectivity index (χ3n) is 2.97. The van der Waals surface area contributed by atoms with E-state index in [1.165, 1.54) is 11.5 Å². The summed E-state index contributed by atoms with van der Waals surface area (Å²) in [5.74, 6) is -0.769. The molecule has 1 N–H and O–H groups in total. The van der Waals surface area contributed by atoms with E-state index >= 15 is 0 Å². The van der Waals surface area contributed by atoms with Gasteiger partial charge < -0.3 is 10.0 Å². The number of fused-ring (bicyclic) bond motifs is 1. The number of carbonyl (C=O) groups is 1. The van der Waals surface area contributed by atoms with Gasteiger partial charge in [0.1, 0.15) is 5.00 Å². The fourth-order valence-electron chi connectivity index (χ4n) is 2.10. The maximum atomic E-state index is 10.8. The van der Waals surface area contributed by atoms with Crippen molar-refractivity contribution in [3.05, 3.63) is 24.3 Å². The topological polar surface area (TPSA) is 53.4 Å². The number of nitrogens with zero attached hydrogens (tertiary/aromatic N) is 2. The first-order valence-electron chi connectivity index (χ1n) is 5.96. The second-order valence-corrected chi connectivity index (χ2v) is 4.99. The molecule has 0 saturated carbocycles. The highest BCUT2D eigenvalue weighted by atomic mass is 32.1.